The molecule has 5 nitrogen and oxygen atoms in total. The first kappa shape index (κ1) is 16.8. The van der Waals surface area contributed by atoms with E-state index in [1.54, 1.807) is 0 Å². The summed E-state index contributed by atoms with van der Waals surface area (Å²) in [5, 5.41) is 6.19. The molecule has 0 saturated carbocycles. The fourth-order valence-electron chi connectivity index (χ4n) is 4.08. The van der Waals surface area contributed by atoms with Crippen LogP contribution in [0.5, 0.6) is 0 Å². The van der Waals surface area contributed by atoms with E-state index in [4.69, 9.17) is 0 Å². The van der Waals surface area contributed by atoms with Crippen LogP contribution in [0.3, 0.4) is 0 Å². The van der Waals surface area contributed by atoms with Crippen molar-refractivity contribution in [2.45, 2.75) is 19.3 Å². The molecule has 1 aliphatic heterocycles. The fourth-order valence-corrected chi connectivity index (χ4v) is 4.08. The van der Waals surface area contributed by atoms with Crippen LogP contribution < -0.4 is 10.2 Å². The van der Waals surface area contributed by atoms with Gasteiger partial charge >= 0.3 is 0 Å². The number of para-hydroxylation sites is 1. The molecule has 5 heteroatoms. The number of hydrogen-bond acceptors (Lipinski definition) is 3. The van der Waals surface area contributed by atoms with Gasteiger partial charge in [-0.15, -0.1) is 0 Å². The lowest BCUT2D eigenvalue weighted by molar-refractivity contribution is 0.102. The summed E-state index contributed by atoms with van der Waals surface area (Å²) in [6.07, 6.45) is 7.41. The zero-order chi connectivity index (χ0) is 18.9. The molecule has 1 saturated heterocycles. The number of nitrogens with zero attached hydrogens (tertiary/aromatic N) is 2. The van der Waals surface area contributed by atoms with Crippen molar-refractivity contribution in [3.05, 3.63) is 66.6 Å². The molecule has 0 radical (unpaired) electrons. The summed E-state index contributed by atoms with van der Waals surface area (Å²) in [4.78, 5) is 22.8. The lowest BCUT2D eigenvalue weighted by atomic mass is 10.0. The van der Waals surface area contributed by atoms with Gasteiger partial charge in [0.15, 0.2) is 0 Å². The number of hydrogen-bond donors (Lipinski definition) is 2. The van der Waals surface area contributed by atoms with E-state index in [0.29, 0.717) is 5.69 Å². The van der Waals surface area contributed by atoms with Crippen molar-refractivity contribution in [3.8, 4) is 0 Å². The third-order valence-corrected chi connectivity index (χ3v) is 5.51. The highest BCUT2D eigenvalue weighted by Crippen LogP contribution is 2.33. The maximum absolute atomic E-state index is 12.8. The Labute approximate surface area is 163 Å². The second kappa shape index (κ2) is 7.00. The summed E-state index contributed by atoms with van der Waals surface area (Å²) >= 11 is 0. The van der Waals surface area contributed by atoms with Crippen molar-refractivity contribution in [1.82, 2.24) is 9.97 Å². The quantitative estimate of drug-likeness (QED) is 0.536. The number of benzene rings is 2. The van der Waals surface area contributed by atoms with Gasteiger partial charge in [-0.3, -0.25) is 9.78 Å². The molecule has 2 N–H and O–H groups in total. The highest BCUT2D eigenvalue weighted by atomic mass is 16.1. The smallest absolute Gasteiger partial charge is 0.272 e. The second-order valence-corrected chi connectivity index (χ2v) is 7.33. The molecule has 2 aromatic carbocycles. The largest absolute Gasteiger partial charge is 0.371 e. The molecule has 0 unspecified atom stereocenters. The Bertz CT molecular complexity index is 1120. The minimum Gasteiger partial charge on any atom is -0.371 e. The van der Waals surface area contributed by atoms with Gasteiger partial charge < -0.3 is 15.2 Å². The average Bonchev–Trinajstić information content (AvgIpc) is 3.19. The molecule has 3 heterocycles. The van der Waals surface area contributed by atoms with Gasteiger partial charge in [0, 0.05) is 52.8 Å². The molecule has 0 bridgehead atoms. The average molecular weight is 370 g/mol. The maximum atomic E-state index is 12.8. The van der Waals surface area contributed by atoms with Crippen LogP contribution in [0.25, 0.3) is 21.7 Å². The number of aromatic nitrogens is 2. The Kier molecular flexibility index (Phi) is 4.20. The van der Waals surface area contributed by atoms with Crippen LogP contribution in [0.15, 0.2) is 60.9 Å². The normalized spacial score (nSPS) is 14.5. The van der Waals surface area contributed by atoms with Gasteiger partial charge in [-0.05, 0) is 49.6 Å². The molecule has 0 atom stereocenters. The van der Waals surface area contributed by atoms with Gasteiger partial charge in [-0.2, -0.15) is 0 Å². The number of fused-ring (bicyclic) bond motifs is 2. The molecule has 5 rings (SSSR count). The number of rotatable bonds is 3. The van der Waals surface area contributed by atoms with Crippen LogP contribution in [0.4, 0.5) is 11.4 Å². The first-order valence-corrected chi connectivity index (χ1v) is 9.80. The highest BCUT2D eigenvalue weighted by Gasteiger charge is 2.17. The molecule has 0 spiro atoms. The summed E-state index contributed by atoms with van der Waals surface area (Å²) in [6, 6.07) is 15.9. The Balaban J connectivity index is 1.49. The zero-order valence-electron chi connectivity index (χ0n) is 15.6. The number of aromatic amines is 1. The molecule has 2 aromatic heterocycles. The summed E-state index contributed by atoms with van der Waals surface area (Å²) in [7, 11) is 0. The van der Waals surface area contributed by atoms with E-state index in [1.807, 2.05) is 54.9 Å². The molecule has 1 aliphatic rings. The van der Waals surface area contributed by atoms with Crippen LogP contribution in [-0.4, -0.2) is 29.0 Å². The maximum Gasteiger partial charge on any atom is 0.272 e. The van der Waals surface area contributed by atoms with Gasteiger partial charge in [0.05, 0.1) is 5.69 Å². The molecule has 28 heavy (non-hydrogen) atoms. The van der Waals surface area contributed by atoms with E-state index in [-0.39, 0.29) is 5.91 Å². The van der Waals surface area contributed by atoms with E-state index in [9.17, 15) is 4.79 Å². The number of nitrogens with one attached hydrogen (secondary N) is 2. The van der Waals surface area contributed by atoms with E-state index in [0.717, 1.165) is 40.5 Å². The summed E-state index contributed by atoms with van der Waals surface area (Å²) in [6.45, 7) is 2.16. The lowest BCUT2D eigenvalue weighted by Crippen LogP contribution is -2.29. The van der Waals surface area contributed by atoms with Gasteiger partial charge in [-0.25, -0.2) is 0 Å². The molecule has 140 valence electrons. The van der Waals surface area contributed by atoms with Crippen molar-refractivity contribution >= 4 is 39.0 Å². The lowest BCUT2D eigenvalue weighted by Gasteiger charge is -2.30. The van der Waals surface area contributed by atoms with E-state index in [1.165, 1.54) is 24.9 Å². The van der Waals surface area contributed by atoms with Crippen LogP contribution in [0.2, 0.25) is 0 Å². The molecular formula is C23H22N4O. The van der Waals surface area contributed by atoms with Crippen molar-refractivity contribution < 1.29 is 4.79 Å². The van der Waals surface area contributed by atoms with Crippen molar-refractivity contribution in [2.24, 2.45) is 0 Å². The number of piperidine rings is 1. The number of carbonyl (C=O) groups excluding carboxylic acids is 1. The second-order valence-electron chi connectivity index (χ2n) is 7.33. The van der Waals surface area contributed by atoms with E-state index in [2.05, 4.69) is 26.3 Å². The van der Waals surface area contributed by atoms with Gasteiger partial charge in [-0.1, -0.05) is 18.2 Å². The minimum atomic E-state index is -0.146. The van der Waals surface area contributed by atoms with Gasteiger partial charge in [0.25, 0.3) is 5.91 Å². The Morgan fingerprint density at radius 2 is 1.86 bits per heavy atom. The molecule has 1 amide bonds. The number of H-pyrrole nitrogens is 1. The Morgan fingerprint density at radius 1 is 1.00 bits per heavy atom. The summed E-state index contributed by atoms with van der Waals surface area (Å²) in [5.41, 5.74) is 3.52. The SMILES string of the molecule is O=C(Nc1ccc(N2CCCCC2)c2ccncc12)c1cc2ccccc2[nH]1. The molecule has 0 aliphatic carbocycles. The van der Waals surface area contributed by atoms with Crippen molar-refractivity contribution in [3.63, 3.8) is 0 Å². The first-order chi connectivity index (χ1) is 13.8. The fraction of sp³-hybridized carbons (Fsp3) is 0.217. The minimum absolute atomic E-state index is 0.146. The summed E-state index contributed by atoms with van der Waals surface area (Å²) in [5.74, 6) is -0.146. The summed E-state index contributed by atoms with van der Waals surface area (Å²) < 4.78 is 0. The van der Waals surface area contributed by atoms with E-state index < -0.39 is 0 Å². The third-order valence-electron chi connectivity index (χ3n) is 5.51. The predicted octanol–water partition coefficient (Wildman–Crippen LogP) is 4.96. The number of pyridine rings is 1. The van der Waals surface area contributed by atoms with Crippen molar-refractivity contribution in [2.75, 3.05) is 23.3 Å². The van der Waals surface area contributed by atoms with Crippen LogP contribution in [-0.2, 0) is 0 Å². The molecule has 4 aromatic rings. The van der Waals surface area contributed by atoms with Gasteiger partial charge in [0.1, 0.15) is 5.69 Å². The van der Waals surface area contributed by atoms with Gasteiger partial charge in [0.2, 0.25) is 0 Å². The third kappa shape index (κ3) is 2.99. The molecule has 1 fully saturated rings. The standard InChI is InChI=1S/C23H22N4O/c28-23(21-14-16-6-2-3-7-19(16)25-21)26-20-8-9-22(27-12-4-1-5-13-27)17-10-11-24-15-18(17)20/h2-3,6-11,14-15,25H,1,4-5,12-13H2,(H,26,28). The van der Waals surface area contributed by atoms with E-state index >= 15 is 0 Å². The monoisotopic (exact) mass is 370 g/mol. The topological polar surface area (TPSA) is 61.0 Å². The zero-order valence-corrected chi connectivity index (χ0v) is 15.6. The number of anilines is 2. The highest BCUT2D eigenvalue weighted by molar-refractivity contribution is 6.11. The first-order valence-electron chi connectivity index (χ1n) is 9.80. The number of amides is 1. The Hall–Kier alpha value is -3.34. The number of carbonyl (C=O) groups is 1. The van der Waals surface area contributed by atoms with Crippen LogP contribution in [0, 0.1) is 0 Å². The van der Waals surface area contributed by atoms with Crippen molar-refractivity contribution in [1.29, 1.82) is 0 Å². The molecular weight excluding hydrogens is 348 g/mol. The van der Waals surface area contributed by atoms with Crippen LogP contribution >= 0.6 is 0 Å². The van der Waals surface area contributed by atoms with Crippen LogP contribution in [0.1, 0.15) is 29.8 Å². The predicted molar refractivity (Wildman–Crippen MR) is 114 cm³/mol. The Morgan fingerprint density at radius 3 is 2.71 bits per heavy atom.